The van der Waals surface area contributed by atoms with Gasteiger partial charge in [0.1, 0.15) is 11.9 Å². The largest absolute Gasteiger partial charge is 0.489 e. The number of benzene rings is 1. The molecule has 0 amide bonds. The van der Waals surface area contributed by atoms with Crippen LogP contribution in [0.25, 0.3) is 0 Å². The average molecular weight is 339 g/mol. The Morgan fingerprint density at radius 1 is 1.30 bits per heavy atom. The van der Waals surface area contributed by atoms with E-state index in [1.165, 1.54) is 7.11 Å². The van der Waals surface area contributed by atoms with Crippen molar-refractivity contribution in [2.24, 2.45) is 5.41 Å². The Hall–Kier alpha value is -1.29. The molecule has 0 aromatic heterocycles. The number of ether oxygens (including phenoxy) is 2. The lowest BCUT2D eigenvalue weighted by Crippen LogP contribution is -2.14. The zero-order valence-electron chi connectivity index (χ0n) is 12.2. The van der Waals surface area contributed by atoms with Crippen LogP contribution in [-0.4, -0.2) is 13.1 Å². The van der Waals surface area contributed by atoms with Gasteiger partial charge in [0.2, 0.25) is 0 Å². The number of rotatable bonds is 2. The predicted molar refractivity (Wildman–Crippen MR) is 81.1 cm³/mol. The Bertz CT molecular complexity index is 538. The topological polar surface area (TPSA) is 35.5 Å². The van der Waals surface area contributed by atoms with Gasteiger partial charge in [0.25, 0.3) is 0 Å². The smallest absolute Gasteiger partial charge is 0.337 e. The van der Waals surface area contributed by atoms with Crippen LogP contribution in [-0.2, 0) is 14.3 Å². The van der Waals surface area contributed by atoms with Gasteiger partial charge in [-0.1, -0.05) is 48.8 Å². The Morgan fingerprint density at radius 2 is 1.90 bits per heavy atom. The standard InChI is InChI=1S/C16H19BrO3/c1-16(2,3)14-12(15(18)19-4)9-13(20-14)10-5-7-11(17)8-6-10/h5-8,13H,9H2,1-4H3. The van der Waals surface area contributed by atoms with E-state index in [-0.39, 0.29) is 17.5 Å². The van der Waals surface area contributed by atoms with Crippen LogP contribution in [0.5, 0.6) is 0 Å². The van der Waals surface area contributed by atoms with Crippen molar-refractivity contribution in [2.75, 3.05) is 7.11 Å². The molecule has 1 aliphatic rings. The number of methoxy groups -OCH3 is 1. The lowest BCUT2D eigenvalue weighted by atomic mass is 9.90. The number of carbonyl (C=O) groups is 1. The van der Waals surface area contributed by atoms with Gasteiger partial charge in [0.05, 0.1) is 12.7 Å². The lowest BCUT2D eigenvalue weighted by Gasteiger charge is -2.23. The molecule has 0 aliphatic carbocycles. The van der Waals surface area contributed by atoms with Gasteiger partial charge in [-0.2, -0.15) is 0 Å². The fourth-order valence-electron chi connectivity index (χ4n) is 2.33. The van der Waals surface area contributed by atoms with Crippen molar-refractivity contribution in [1.29, 1.82) is 0 Å². The summed E-state index contributed by atoms with van der Waals surface area (Å²) in [5, 5.41) is 0. The molecule has 0 fully saturated rings. The summed E-state index contributed by atoms with van der Waals surface area (Å²) in [5.74, 6) is 0.437. The molecular formula is C16H19BrO3. The zero-order chi connectivity index (χ0) is 14.9. The average Bonchev–Trinajstić information content (AvgIpc) is 2.83. The predicted octanol–water partition coefficient (Wildman–Crippen LogP) is 4.38. The molecule has 3 nitrogen and oxygen atoms in total. The van der Waals surface area contributed by atoms with Crippen LogP contribution >= 0.6 is 15.9 Å². The number of esters is 1. The molecule has 20 heavy (non-hydrogen) atoms. The third-order valence-electron chi connectivity index (χ3n) is 3.28. The number of allylic oxidation sites excluding steroid dienone is 1. The maximum absolute atomic E-state index is 11.9. The summed E-state index contributed by atoms with van der Waals surface area (Å²) in [6, 6.07) is 7.97. The maximum Gasteiger partial charge on any atom is 0.337 e. The highest BCUT2D eigenvalue weighted by Gasteiger charge is 2.37. The maximum atomic E-state index is 11.9. The molecule has 0 spiro atoms. The van der Waals surface area contributed by atoms with Gasteiger partial charge in [-0.05, 0) is 17.7 Å². The lowest BCUT2D eigenvalue weighted by molar-refractivity contribution is -0.136. The van der Waals surface area contributed by atoms with Crippen LogP contribution < -0.4 is 0 Å². The van der Waals surface area contributed by atoms with E-state index in [4.69, 9.17) is 9.47 Å². The molecule has 1 aliphatic heterocycles. The molecule has 4 heteroatoms. The fraction of sp³-hybridized carbons (Fsp3) is 0.438. The van der Waals surface area contributed by atoms with Crippen molar-refractivity contribution in [3.05, 3.63) is 45.6 Å². The zero-order valence-corrected chi connectivity index (χ0v) is 13.8. The molecule has 0 N–H and O–H groups in total. The Kier molecular flexibility index (Phi) is 4.23. The molecule has 1 heterocycles. The molecule has 0 saturated heterocycles. The van der Waals surface area contributed by atoms with E-state index in [2.05, 4.69) is 15.9 Å². The molecule has 0 bridgehead atoms. The summed E-state index contributed by atoms with van der Waals surface area (Å²) >= 11 is 3.42. The van der Waals surface area contributed by atoms with Crippen LogP contribution in [0.3, 0.4) is 0 Å². The first kappa shape index (κ1) is 15.1. The second-order valence-corrected chi connectivity index (χ2v) is 6.83. The minimum absolute atomic E-state index is 0.119. The molecular weight excluding hydrogens is 320 g/mol. The number of hydrogen-bond donors (Lipinski definition) is 0. The molecule has 2 rings (SSSR count). The number of carbonyl (C=O) groups excluding carboxylic acids is 1. The highest BCUT2D eigenvalue weighted by atomic mass is 79.9. The molecule has 0 radical (unpaired) electrons. The van der Waals surface area contributed by atoms with E-state index < -0.39 is 0 Å². The SMILES string of the molecule is COC(=O)C1=C(C(C)(C)C)OC(c2ccc(Br)cc2)C1. The van der Waals surface area contributed by atoms with Gasteiger partial charge in [-0.25, -0.2) is 4.79 Å². The summed E-state index contributed by atoms with van der Waals surface area (Å²) in [6.07, 6.45) is 0.437. The van der Waals surface area contributed by atoms with Crippen LogP contribution in [0, 0.1) is 5.41 Å². The minimum atomic E-state index is -0.297. The van der Waals surface area contributed by atoms with Gasteiger partial charge in [-0.15, -0.1) is 0 Å². The molecule has 1 unspecified atom stereocenters. The monoisotopic (exact) mass is 338 g/mol. The summed E-state index contributed by atoms with van der Waals surface area (Å²) in [4.78, 5) is 11.9. The first-order valence-corrected chi connectivity index (χ1v) is 7.36. The molecule has 0 saturated carbocycles. The normalized spacial score (nSPS) is 18.9. The Labute approximate surface area is 128 Å². The third kappa shape index (κ3) is 3.06. The van der Waals surface area contributed by atoms with E-state index in [0.717, 1.165) is 15.8 Å². The second kappa shape index (κ2) is 5.60. The van der Waals surface area contributed by atoms with Gasteiger partial charge in [0, 0.05) is 16.3 Å². The summed E-state index contributed by atoms with van der Waals surface area (Å²) in [5.41, 5.74) is 1.50. The Balaban J connectivity index is 2.29. The summed E-state index contributed by atoms with van der Waals surface area (Å²) in [7, 11) is 1.41. The quantitative estimate of drug-likeness (QED) is 0.750. The first-order valence-electron chi connectivity index (χ1n) is 6.57. The molecule has 1 aromatic carbocycles. The van der Waals surface area contributed by atoms with Gasteiger partial charge in [0.15, 0.2) is 0 Å². The van der Waals surface area contributed by atoms with Crippen molar-refractivity contribution >= 4 is 21.9 Å². The Morgan fingerprint density at radius 3 is 2.40 bits per heavy atom. The van der Waals surface area contributed by atoms with Crippen molar-refractivity contribution in [2.45, 2.75) is 33.3 Å². The molecule has 108 valence electrons. The van der Waals surface area contributed by atoms with Crippen molar-refractivity contribution in [3.63, 3.8) is 0 Å². The highest BCUT2D eigenvalue weighted by molar-refractivity contribution is 9.10. The first-order chi connectivity index (χ1) is 9.32. The summed E-state index contributed by atoms with van der Waals surface area (Å²) < 4.78 is 12.0. The van der Waals surface area contributed by atoms with E-state index >= 15 is 0 Å². The van der Waals surface area contributed by atoms with Crippen molar-refractivity contribution in [1.82, 2.24) is 0 Å². The van der Waals surface area contributed by atoms with E-state index in [1.807, 2.05) is 45.0 Å². The van der Waals surface area contributed by atoms with Crippen molar-refractivity contribution < 1.29 is 14.3 Å². The third-order valence-corrected chi connectivity index (χ3v) is 3.81. The van der Waals surface area contributed by atoms with Crippen LogP contribution in [0.2, 0.25) is 0 Å². The molecule has 1 atom stereocenters. The van der Waals surface area contributed by atoms with Crippen LogP contribution in [0.4, 0.5) is 0 Å². The van der Waals surface area contributed by atoms with Crippen molar-refractivity contribution in [3.8, 4) is 0 Å². The highest BCUT2D eigenvalue weighted by Crippen LogP contribution is 2.43. The summed E-state index contributed by atoms with van der Waals surface area (Å²) in [6.45, 7) is 6.11. The van der Waals surface area contributed by atoms with E-state index in [0.29, 0.717) is 12.0 Å². The van der Waals surface area contributed by atoms with Crippen LogP contribution in [0.15, 0.2) is 40.1 Å². The van der Waals surface area contributed by atoms with E-state index in [1.54, 1.807) is 0 Å². The minimum Gasteiger partial charge on any atom is -0.489 e. The fourth-order valence-corrected chi connectivity index (χ4v) is 2.59. The molecule has 1 aromatic rings. The number of halogens is 1. The van der Waals surface area contributed by atoms with E-state index in [9.17, 15) is 4.79 Å². The second-order valence-electron chi connectivity index (χ2n) is 5.91. The van der Waals surface area contributed by atoms with Gasteiger partial charge in [-0.3, -0.25) is 0 Å². The van der Waals surface area contributed by atoms with Gasteiger partial charge >= 0.3 is 5.97 Å². The number of hydrogen-bond acceptors (Lipinski definition) is 3. The van der Waals surface area contributed by atoms with Crippen LogP contribution in [0.1, 0.15) is 38.9 Å². The van der Waals surface area contributed by atoms with Gasteiger partial charge < -0.3 is 9.47 Å².